The van der Waals surface area contributed by atoms with Gasteiger partial charge in [-0.25, -0.2) is 9.78 Å². The summed E-state index contributed by atoms with van der Waals surface area (Å²) in [6.07, 6.45) is 2.67. The van der Waals surface area contributed by atoms with Crippen LogP contribution in [0.1, 0.15) is 74.6 Å². The van der Waals surface area contributed by atoms with Crippen molar-refractivity contribution in [3.05, 3.63) is 53.1 Å². The van der Waals surface area contributed by atoms with Crippen molar-refractivity contribution in [1.29, 1.82) is 0 Å². The molecule has 1 N–H and O–H groups in total. The second-order valence-corrected chi connectivity index (χ2v) is 8.92. The van der Waals surface area contributed by atoms with E-state index in [-0.39, 0.29) is 17.7 Å². The topological polar surface area (TPSA) is 73.2 Å². The number of carbonyl (C=O) groups excluding carboxylic acids is 2. The number of hydrogen-bond acceptors (Lipinski definition) is 4. The summed E-state index contributed by atoms with van der Waals surface area (Å²) < 4.78 is 6.76. The minimum absolute atomic E-state index is 0.0558. The number of benzene rings is 1. The van der Waals surface area contributed by atoms with Gasteiger partial charge in [0.05, 0.1) is 5.69 Å². The summed E-state index contributed by atoms with van der Waals surface area (Å²) in [4.78, 5) is 29.7. The maximum Gasteiger partial charge on any atom is 0.408 e. The van der Waals surface area contributed by atoms with E-state index >= 15 is 0 Å². The second kappa shape index (κ2) is 8.80. The molecule has 2 aromatic rings. The van der Waals surface area contributed by atoms with Gasteiger partial charge in [-0.05, 0) is 57.2 Å². The molecule has 0 saturated heterocycles. The lowest BCUT2D eigenvalue weighted by Crippen LogP contribution is -2.48. The molecular formula is C23H33N3O3. The number of imidazole rings is 1. The molecule has 6 nitrogen and oxygen atoms in total. The van der Waals surface area contributed by atoms with Crippen LogP contribution in [-0.4, -0.2) is 33.2 Å². The van der Waals surface area contributed by atoms with Gasteiger partial charge in [0.2, 0.25) is 0 Å². The molecule has 0 radical (unpaired) electrons. The van der Waals surface area contributed by atoms with Gasteiger partial charge < -0.3 is 10.1 Å². The third-order valence-corrected chi connectivity index (χ3v) is 5.02. The zero-order chi connectivity index (χ0) is 21.9. The smallest absolute Gasteiger partial charge is 0.408 e. The quantitative estimate of drug-likeness (QED) is 0.781. The van der Waals surface area contributed by atoms with E-state index in [1.165, 1.54) is 27.6 Å². The fraction of sp³-hybridized carbons (Fsp3) is 0.522. The minimum Gasteiger partial charge on any atom is -0.444 e. The second-order valence-electron chi connectivity index (χ2n) is 8.92. The number of hydrogen-bond donors (Lipinski definition) is 1. The normalized spacial score (nSPS) is 13.8. The van der Waals surface area contributed by atoms with Crippen LogP contribution in [0.3, 0.4) is 0 Å². The number of carbonyl (C=O) groups is 2. The van der Waals surface area contributed by atoms with E-state index < -0.39 is 17.7 Å². The largest absolute Gasteiger partial charge is 0.444 e. The van der Waals surface area contributed by atoms with Gasteiger partial charge in [-0.1, -0.05) is 39.0 Å². The van der Waals surface area contributed by atoms with Crippen LogP contribution in [0.15, 0.2) is 30.7 Å². The molecule has 158 valence electrons. The summed E-state index contributed by atoms with van der Waals surface area (Å²) in [5, 5.41) is 2.70. The number of rotatable bonds is 5. The molecule has 6 heteroatoms. The molecule has 0 aliphatic heterocycles. The summed E-state index contributed by atoms with van der Waals surface area (Å²) >= 11 is 0. The van der Waals surface area contributed by atoms with Gasteiger partial charge >= 0.3 is 6.09 Å². The van der Waals surface area contributed by atoms with Crippen molar-refractivity contribution in [2.45, 2.75) is 73.0 Å². The summed E-state index contributed by atoms with van der Waals surface area (Å²) in [5.74, 6) is -0.282. The molecule has 0 bridgehead atoms. The number of nitrogens with zero attached hydrogens (tertiary/aromatic N) is 2. The van der Waals surface area contributed by atoms with Gasteiger partial charge in [0.1, 0.15) is 18.0 Å². The van der Waals surface area contributed by atoms with Crippen LogP contribution < -0.4 is 5.32 Å². The van der Waals surface area contributed by atoms with Crippen molar-refractivity contribution >= 4 is 12.0 Å². The summed E-state index contributed by atoms with van der Waals surface area (Å²) in [5.41, 5.74) is 3.83. The number of ether oxygens (including phenoxy) is 1. The zero-order valence-corrected chi connectivity index (χ0v) is 18.7. The van der Waals surface area contributed by atoms with Crippen molar-refractivity contribution in [3.63, 3.8) is 0 Å². The molecule has 29 heavy (non-hydrogen) atoms. The predicted molar refractivity (Wildman–Crippen MR) is 114 cm³/mol. The van der Waals surface area contributed by atoms with E-state index in [1.807, 2.05) is 19.9 Å². The molecule has 0 saturated carbocycles. The van der Waals surface area contributed by atoms with Crippen LogP contribution in [0.2, 0.25) is 0 Å². The lowest BCUT2D eigenvalue weighted by Gasteiger charge is -2.25. The molecule has 0 aliphatic rings. The summed E-state index contributed by atoms with van der Waals surface area (Å²) in [6, 6.07) is 5.51. The molecule has 1 amide bonds. The molecule has 1 aromatic heterocycles. The molecule has 0 fully saturated rings. The third-order valence-electron chi connectivity index (χ3n) is 5.02. The average molecular weight is 400 g/mol. The third kappa shape index (κ3) is 5.68. The summed E-state index contributed by atoms with van der Waals surface area (Å²) in [6.45, 7) is 15.4. The van der Waals surface area contributed by atoms with E-state index in [2.05, 4.69) is 43.2 Å². The van der Waals surface area contributed by atoms with Crippen LogP contribution in [0.25, 0.3) is 0 Å². The molecule has 2 atom stereocenters. The van der Waals surface area contributed by atoms with Crippen LogP contribution in [-0.2, 0) is 4.74 Å². The van der Waals surface area contributed by atoms with Crippen molar-refractivity contribution in [2.75, 3.05) is 0 Å². The molecule has 1 unspecified atom stereocenters. The Hall–Kier alpha value is -2.63. The highest BCUT2D eigenvalue weighted by Crippen LogP contribution is 2.27. The van der Waals surface area contributed by atoms with Crippen LogP contribution in [0.4, 0.5) is 4.79 Å². The van der Waals surface area contributed by atoms with E-state index in [0.29, 0.717) is 0 Å². The van der Waals surface area contributed by atoms with E-state index in [4.69, 9.17) is 4.74 Å². The maximum absolute atomic E-state index is 13.0. The standard InChI is InChI=1S/C23H33N3O3/c1-14(2)20(25-22(28)29-23(6,7)8)21(27)26-12-19(24-13-26)17(5)18-11-9-10-15(3)16(18)4/h9-14,17,20H,1-8H3,(H,25,28)/t17?,20-/m0/s1. The first kappa shape index (κ1) is 22.7. The highest BCUT2D eigenvalue weighted by molar-refractivity contribution is 5.87. The Morgan fingerprint density at radius 1 is 1.14 bits per heavy atom. The number of amides is 1. The fourth-order valence-electron chi connectivity index (χ4n) is 3.19. The Bertz CT molecular complexity index is 878. The number of nitrogens with one attached hydrogen (secondary N) is 1. The van der Waals surface area contributed by atoms with Crippen molar-refractivity contribution < 1.29 is 14.3 Å². The molecule has 1 heterocycles. The Labute approximate surface area is 173 Å². The Morgan fingerprint density at radius 3 is 2.38 bits per heavy atom. The van der Waals surface area contributed by atoms with E-state index in [9.17, 15) is 9.59 Å². The highest BCUT2D eigenvalue weighted by Gasteiger charge is 2.28. The van der Waals surface area contributed by atoms with Crippen molar-refractivity contribution in [3.8, 4) is 0 Å². The lowest BCUT2D eigenvalue weighted by atomic mass is 9.92. The Morgan fingerprint density at radius 2 is 1.79 bits per heavy atom. The first-order valence-corrected chi connectivity index (χ1v) is 10.0. The predicted octanol–water partition coefficient (Wildman–Crippen LogP) is 4.84. The number of aromatic nitrogens is 2. The zero-order valence-electron chi connectivity index (χ0n) is 18.7. The van der Waals surface area contributed by atoms with Crippen LogP contribution in [0, 0.1) is 19.8 Å². The molecule has 1 aromatic carbocycles. The molecule has 0 spiro atoms. The van der Waals surface area contributed by atoms with Crippen LogP contribution >= 0.6 is 0 Å². The number of aryl methyl sites for hydroxylation is 1. The van der Waals surface area contributed by atoms with Gasteiger partial charge in [-0.15, -0.1) is 0 Å². The van der Waals surface area contributed by atoms with Gasteiger partial charge in [0, 0.05) is 12.1 Å². The molecule has 0 aliphatic carbocycles. The van der Waals surface area contributed by atoms with Crippen molar-refractivity contribution in [1.82, 2.24) is 14.9 Å². The minimum atomic E-state index is -0.706. The first-order chi connectivity index (χ1) is 13.4. The maximum atomic E-state index is 13.0. The average Bonchev–Trinajstić information content (AvgIpc) is 3.09. The first-order valence-electron chi connectivity index (χ1n) is 10.0. The van der Waals surface area contributed by atoms with Gasteiger partial charge in [-0.2, -0.15) is 0 Å². The van der Waals surface area contributed by atoms with Gasteiger partial charge in [0.25, 0.3) is 5.91 Å². The molecule has 2 rings (SSSR count). The highest BCUT2D eigenvalue weighted by atomic mass is 16.6. The van der Waals surface area contributed by atoms with E-state index in [0.717, 1.165) is 5.69 Å². The molecular weight excluding hydrogens is 366 g/mol. The van der Waals surface area contributed by atoms with Gasteiger partial charge in [0.15, 0.2) is 0 Å². The Balaban J connectivity index is 2.21. The number of alkyl carbamates (subject to hydrolysis) is 1. The fourth-order valence-corrected chi connectivity index (χ4v) is 3.19. The monoisotopic (exact) mass is 399 g/mol. The summed E-state index contributed by atoms with van der Waals surface area (Å²) in [7, 11) is 0. The van der Waals surface area contributed by atoms with Crippen LogP contribution in [0.5, 0.6) is 0 Å². The Kier molecular flexibility index (Phi) is 6.88. The lowest BCUT2D eigenvalue weighted by molar-refractivity contribution is 0.0464. The van der Waals surface area contributed by atoms with Crippen molar-refractivity contribution in [2.24, 2.45) is 5.92 Å². The van der Waals surface area contributed by atoms with Gasteiger partial charge in [-0.3, -0.25) is 9.36 Å². The van der Waals surface area contributed by atoms with E-state index in [1.54, 1.807) is 27.0 Å². The SMILES string of the molecule is Cc1cccc(C(C)c2cn(C(=O)[C@@H](NC(=O)OC(C)(C)C)C(C)C)cn2)c1C.